The summed E-state index contributed by atoms with van der Waals surface area (Å²) in [7, 11) is 2.87. The number of hydrazine groups is 2. The van der Waals surface area contributed by atoms with E-state index in [1.54, 1.807) is 6.20 Å². The first-order valence-corrected chi connectivity index (χ1v) is 9.83. The van der Waals surface area contributed by atoms with E-state index in [2.05, 4.69) is 15.9 Å². The maximum absolute atomic E-state index is 12.8. The van der Waals surface area contributed by atoms with E-state index in [-0.39, 0.29) is 12.3 Å². The molecule has 0 amide bonds. The summed E-state index contributed by atoms with van der Waals surface area (Å²) in [5, 5.41) is 1.61. The number of ether oxygens (including phenoxy) is 1. The molecular weight excluding hydrogens is 405 g/mol. The fourth-order valence-electron chi connectivity index (χ4n) is 1.98. The molecule has 0 atom stereocenters. The number of halogens is 3. The monoisotopic (exact) mass is 418 g/mol. The molecule has 0 unspecified atom stereocenters. The van der Waals surface area contributed by atoms with E-state index in [0.717, 1.165) is 22.3 Å². The Bertz CT molecular complexity index is 796. The van der Waals surface area contributed by atoms with Gasteiger partial charge in [-0.25, -0.2) is 9.78 Å². The highest BCUT2D eigenvalue weighted by molar-refractivity contribution is 8.76. The summed E-state index contributed by atoms with van der Waals surface area (Å²) in [6, 6.07) is 8.53. The molecule has 12 heteroatoms. The zero-order valence-electron chi connectivity index (χ0n) is 13.5. The van der Waals surface area contributed by atoms with E-state index in [0.29, 0.717) is 11.4 Å². The molecule has 144 valence electrons. The Morgan fingerprint density at radius 2 is 2.11 bits per heavy atom. The molecule has 0 aliphatic carbocycles. The van der Waals surface area contributed by atoms with Crippen molar-refractivity contribution in [3.63, 3.8) is 0 Å². The van der Waals surface area contributed by atoms with Crippen LogP contribution in [0.5, 0.6) is 0 Å². The minimum atomic E-state index is -4.51. The zero-order valence-corrected chi connectivity index (χ0v) is 15.2. The molecule has 1 aliphatic heterocycles. The van der Waals surface area contributed by atoms with E-state index in [1.807, 2.05) is 18.2 Å². The normalized spacial score (nSPS) is 13.1. The van der Waals surface area contributed by atoms with Gasteiger partial charge < -0.3 is 4.74 Å². The second kappa shape index (κ2) is 8.59. The number of pyridine rings is 1. The quantitative estimate of drug-likeness (QED) is 0.406. The van der Waals surface area contributed by atoms with Crippen LogP contribution in [0.2, 0.25) is 0 Å². The number of alkyl halides is 3. The number of benzene rings is 1. The first kappa shape index (κ1) is 19.5. The summed E-state index contributed by atoms with van der Waals surface area (Å²) in [5.74, 6) is 0.483. The van der Waals surface area contributed by atoms with E-state index in [1.165, 1.54) is 27.7 Å². The molecule has 0 bridgehead atoms. The molecule has 1 aromatic carbocycles. The van der Waals surface area contributed by atoms with Gasteiger partial charge in [-0.3, -0.25) is 10.3 Å². The van der Waals surface area contributed by atoms with Gasteiger partial charge in [-0.1, -0.05) is 16.9 Å². The van der Waals surface area contributed by atoms with Crippen LogP contribution >= 0.6 is 21.6 Å². The van der Waals surface area contributed by atoms with Gasteiger partial charge >= 0.3 is 12.3 Å². The van der Waals surface area contributed by atoms with Crippen molar-refractivity contribution in [2.45, 2.75) is 11.2 Å². The number of anilines is 2. The van der Waals surface area contributed by atoms with Gasteiger partial charge in [0.25, 0.3) is 0 Å². The minimum absolute atomic E-state index is 0.0156. The Morgan fingerprint density at radius 1 is 1.26 bits per heavy atom. The molecule has 2 heterocycles. The number of aromatic nitrogens is 1. The van der Waals surface area contributed by atoms with Gasteiger partial charge in [0, 0.05) is 11.9 Å². The van der Waals surface area contributed by atoms with E-state index in [9.17, 15) is 18.0 Å². The number of nitrogens with zero attached hydrogens (tertiary/aromatic N) is 2. The maximum Gasteiger partial charge on any atom is 0.534 e. The number of carbonyl (C=O) groups excluding carboxylic acids is 1. The smallest absolute Gasteiger partial charge is 0.432 e. The topological polar surface area (TPSA) is 75.7 Å². The average Bonchev–Trinajstić information content (AvgIpc) is 3.04. The van der Waals surface area contributed by atoms with Crippen LogP contribution in [0.25, 0.3) is 0 Å². The van der Waals surface area contributed by atoms with Gasteiger partial charge in [0.2, 0.25) is 0 Å². The van der Waals surface area contributed by atoms with Crippen LogP contribution in [0.1, 0.15) is 5.56 Å². The Kier molecular flexibility index (Phi) is 6.19. The number of rotatable bonds is 6. The van der Waals surface area contributed by atoms with Crippen molar-refractivity contribution in [1.82, 2.24) is 10.5 Å². The third-order valence-corrected chi connectivity index (χ3v) is 5.40. The highest BCUT2D eigenvalue weighted by atomic mass is 33.1. The Labute approximate surface area is 159 Å². The van der Waals surface area contributed by atoms with Crippen LogP contribution in [0, 0.1) is 0 Å². The van der Waals surface area contributed by atoms with Gasteiger partial charge in [0.05, 0.1) is 11.3 Å². The van der Waals surface area contributed by atoms with Crippen molar-refractivity contribution in [1.29, 1.82) is 0 Å². The van der Waals surface area contributed by atoms with Gasteiger partial charge in [0.15, 0.2) is 0 Å². The first-order chi connectivity index (χ1) is 12.9. The Balaban J connectivity index is 1.44. The Hall–Kier alpha value is -2.31. The van der Waals surface area contributed by atoms with Gasteiger partial charge in [-0.15, -0.1) is 10.7 Å². The molecule has 3 rings (SSSR count). The number of hydrogen-bond donors (Lipinski definition) is 2. The molecule has 0 radical (unpaired) electrons. The Morgan fingerprint density at radius 3 is 2.85 bits per heavy atom. The zero-order chi connectivity index (χ0) is 19.3. The third kappa shape index (κ3) is 5.34. The van der Waals surface area contributed by atoms with Crippen LogP contribution in [-0.4, -0.2) is 23.5 Å². The van der Waals surface area contributed by atoms with E-state index >= 15 is 0 Å². The molecule has 1 aromatic heterocycles. The largest absolute Gasteiger partial charge is 0.534 e. The predicted molar refractivity (Wildman–Crippen MR) is 95.7 cm³/mol. The number of carbonyl (C=O) groups is 1. The van der Waals surface area contributed by atoms with Crippen LogP contribution in [0.15, 0.2) is 47.6 Å². The maximum atomic E-state index is 12.8. The standard InChI is InChI=1S/C15H13F3N4O3S2/c16-15(17,18)10-4-5-11-12(9-10)22(21-20-11)25-14(23)24-7-8-26-27-13-3-1-2-6-19-13/h1-6,9,20-21H,7-8H2. The van der Waals surface area contributed by atoms with E-state index < -0.39 is 17.9 Å². The van der Waals surface area contributed by atoms with Gasteiger partial charge in [-0.05, 0) is 41.1 Å². The van der Waals surface area contributed by atoms with Gasteiger partial charge in [0.1, 0.15) is 17.3 Å². The minimum Gasteiger partial charge on any atom is -0.432 e. The van der Waals surface area contributed by atoms with Crippen LogP contribution < -0.4 is 16.1 Å². The van der Waals surface area contributed by atoms with Crippen LogP contribution in [-0.2, 0) is 15.8 Å². The van der Waals surface area contributed by atoms with Crippen molar-refractivity contribution in [3.05, 3.63) is 48.2 Å². The molecule has 27 heavy (non-hydrogen) atoms. The van der Waals surface area contributed by atoms with Crippen molar-refractivity contribution >= 4 is 39.1 Å². The average molecular weight is 418 g/mol. The molecule has 2 N–H and O–H groups in total. The summed E-state index contributed by atoms with van der Waals surface area (Å²) in [6.45, 7) is 0.0695. The highest BCUT2D eigenvalue weighted by Crippen LogP contribution is 2.37. The van der Waals surface area contributed by atoms with Crippen LogP contribution in [0.4, 0.5) is 29.3 Å². The molecule has 2 aromatic rings. The van der Waals surface area contributed by atoms with Crippen molar-refractivity contribution < 1.29 is 27.5 Å². The molecule has 0 fully saturated rings. The second-order valence-electron chi connectivity index (χ2n) is 5.02. The first-order valence-electron chi connectivity index (χ1n) is 7.52. The fraction of sp³-hybridized carbons (Fsp3) is 0.200. The van der Waals surface area contributed by atoms with E-state index in [4.69, 9.17) is 9.57 Å². The second-order valence-corrected chi connectivity index (χ2v) is 7.46. The summed E-state index contributed by atoms with van der Waals surface area (Å²) < 4.78 is 43.3. The summed E-state index contributed by atoms with van der Waals surface area (Å²) in [5.41, 5.74) is 4.50. The molecule has 0 spiro atoms. The lowest BCUT2D eigenvalue weighted by Gasteiger charge is -2.16. The lowest BCUT2D eigenvalue weighted by atomic mass is 10.1. The number of nitrogens with one attached hydrogen (secondary N) is 2. The summed E-state index contributed by atoms with van der Waals surface area (Å²) in [6.07, 6.45) is -3.87. The highest BCUT2D eigenvalue weighted by Gasteiger charge is 2.33. The number of hydrogen-bond acceptors (Lipinski definition) is 9. The summed E-state index contributed by atoms with van der Waals surface area (Å²) in [4.78, 5) is 20.7. The van der Waals surface area contributed by atoms with Crippen molar-refractivity contribution in [2.75, 3.05) is 23.0 Å². The summed E-state index contributed by atoms with van der Waals surface area (Å²) >= 11 is 0. The SMILES string of the molecule is O=C(OCCSSc1ccccn1)ON1NNc2ccc(C(F)(F)F)cc21. The van der Waals surface area contributed by atoms with Crippen molar-refractivity contribution in [2.24, 2.45) is 0 Å². The third-order valence-electron chi connectivity index (χ3n) is 3.17. The number of fused-ring (bicyclic) bond motifs is 1. The van der Waals surface area contributed by atoms with Crippen molar-refractivity contribution in [3.8, 4) is 0 Å². The fourth-order valence-corrected chi connectivity index (χ4v) is 3.69. The van der Waals surface area contributed by atoms with Crippen LogP contribution in [0.3, 0.4) is 0 Å². The lowest BCUT2D eigenvalue weighted by molar-refractivity contribution is -0.137. The molecule has 0 saturated carbocycles. The molecule has 7 nitrogen and oxygen atoms in total. The predicted octanol–water partition coefficient (Wildman–Crippen LogP) is 4.26. The molecule has 1 aliphatic rings. The molecular formula is C15H13F3N4O3S2. The molecule has 0 saturated heterocycles. The van der Waals surface area contributed by atoms with Gasteiger partial charge in [-0.2, -0.15) is 13.2 Å². The lowest BCUT2D eigenvalue weighted by Crippen LogP contribution is -2.38.